The molecule has 1 N–H and O–H groups in total. The van der Waals surface area contributed by atoms with Crippen LogP contribution in [0.5, 0.6) is 11.5 Å². The van der Waals surface area contributed by atoms with Crippen LogP contribution in [0.1, 0.15) is 67.9 Å². The maximum Gasteiger partial charge on any atom is 0.271 e. The zero-order valence-corrected chi connectivity index (χ0v) is 21.8. The Hall–Kier alpha value is -2.29. The molecule has 0 fully saturated rings. The summed E-state index contributed by atoms with van der Waals surface area (Å²) in [7, 11) is 3.25. The molecule has 0 bridgehead atoms. The molecular formula is C25H32IN3O3. The third kappa shape index (κ3) is 5.03. The highest BCUT2D eigenvalue weighted by Crippen LogP contribution is 2.45. The molecule has 0 saturated heterocycles. The number of nitrogens with one attached hydrogen (secondary N) is 1. The van der Waals surface area contributed by atoms with Crippen LogP contribution in [0.2, 0.25) is 0 Å². The number of hydrogen-bond acceptors (Lipinski definition) is 5. The smallest absolute Gasteiger partial charge is 0.271 e. The Bertz CT molecular complexity index is 1020. The molecule has 6 nitrogen and oxygen atoms in total. The monoisotopic (exact) mass is 549 g/mol. The number of amides is 1. The number of halogens is 1. The molecule has 1 aliphatic rings. The summed E-state index contributed by atoms with van der Waals surface area (Å²) in [6.45, 7) is 10.1. The second-order valence-corrected chi connectivity index (χ2v) is 9.93. The second-order valence-electron chi connectivity index (χ2n) is 8.77. The van der Waals surface area contributed by atoms with E-state index in [-0.39, 0.29) is 11.4 Å². The number of carbonyl (C=O) groups excluding carboxylic acids is 1. The number of fused-ring (bicyclic) bond motifs is 1. The number of hydrazone groups is 1. The van der Waals surface area contributed by atoms with Crippen LogP contribution in [0.25, 0.3) is 0 Å². The van der Waals surface area contributed by atoms with E-state index in [9.17, 15) is 4.79 Å². The summed E-state index contributed by atoms with van der Waals surface area (Å²) >= 11 is 2.17. The summed E-state index contributed by atoms with van der Waals surface area (Å²) in [4.78, 5) is 15.0. The molecule has 1 amide bonds. The molecule has 2 aromatic rings. The average Bonchev–Trinajstić information content (AvgIpc) is 2.76. The quantitative estimate of drug-likeness (QED) is 0.279. The van der Waals surface area contributed by atoms with E-state index in [4.69, 9.17) is 9.47 Å². The van der Waals surface area contributed by atoms with Crippen LogP contribution in [-0.2, 0) is 0 Å². The maximum atomic E-state index is 12.5. The van der Waals surface area contributed by atoms with Gasteiger partial charge in [-0.1, -0.05) is 13.8 Å². The van der Waals surface area contributed by atoms with Gasteiger partial charge in [0.25, 0.3) is 5.91 Å². The highest BCUT2D eigenvalue weighted by atomic mass is 127. The molecule has 1 atom stereocenters. The number of anilines is 1. The lowest BCUT2D eigenvalue weighted by atomic mass is 9.79. The number of methoxy groups -OCH3 is 2. The SMILES string of the molecule is CCCN1c2cc(OC)c(/C=N/NC(=O)c3ccc(I)c(OC)c3)cc2C(C)CC1(C)C. The van der Waals surface area contributed by atoms with E-state index in [1.54, 1.807) is 32.6 Å². The molecular weight excluding hydrogens is 517 g/mol. The number of ether oxygens (including phenoxy) is 2. The number of rotatable bonds is 7. The molecule has 1 heterocycles. The summed E-state index contributed by atoms with van der Waals surface area (Å²) in [5, 5.41) is 4.20. The molecule has 0 aliphatic carbocycles. The Labute approximate surface area is 204 Å². The number of hydrogen-bond donors (Lipinski definition) is 1. The molecule has 1 aliphatic heterocycles. The predicted molar refractivity (Wildman–Crippen MR) is 139 cm³/mol. The molecule has 3 rings (SSSR count). The van der Waals surface area contributed by atoms with Crippen molar-refractivity contribution < 1.29 is 14.3 Å². The lowest BCUT2D eigenvalue weighted by Gasteiger charge is -2.47. The first kappa shape index (κ1) is 24.4. The summed E-state index contributed by atoms with van der Waals surface area (Å²) in [5.74, 6) is 1.52. The lowest BCUT2D eigenvalue weighted by molar-refractivity contribution is 0.0954. The van der Waals surface area contributed by atoms with Gasteiger partial charge in [-0.05, 0) is 85.0 Å². The highest BCUT2D eigenvalue weighted by Gasteiger charge is 2.36. The van der Waals surface area contributed by atoms with Crippen LogP contribution in [0, 0.1) is 3.57 Å². The van der Waals surface area contributed by atoms with Crippen molar-refractivity contribution in [2.75, 3.05) is 25.7 Å². The topological polar surface area (TPSA) is 63.2 Å². The van der Waals surface area contributed by atoms with Crippen molar-refractivity contribution in [3.05, 3.63) is 50.6 Å². The summed E-state index contributed by atoms with van der Waals surface area (Å²) in [6, 6.07) is 9.55. The van der Waals surface area contributed by atoms with Gasteiger partial charge in [-0.25, -0.2) is 5.43 Å². The molecule has 0 radical (unpaired) electrons. The van der Waals surface area contributed by atoms with E-state index in [2.05, 4.69) is 77.8 Å². The minimum atomic E-state index is -0.294. The molecule has 0 aromatic heterocycles. The highest BCUT2D eigenvalue weighted by molar-refractivity contribution is 14.1. The zero-order valence-electron chi connectivity index (χ0n) is 19.7. The minimum Gasteiger partial charge on any atom is -0.496 e. The Morgan fingerprint density at radius 2 is 1.97 bits per heavy atom. The van der Waals surface area contributed by atoms with Gasteiger partial charge in [0.1, 0.15) is 11.5 Å². The van der Waals surface area contributed by atoms with E-state index >= 15 is 0 Å². The number of carbonyl (C=O) groups is 1. The van der Waals surface area contributed by atoms with E-state index in [0.717, 1.165) is 34.3 Å². The first-order valence-corrected chi connectivity index (χ1v) is 12.0. The normalized spacial score (nSPS) is 17.2. The maximum absolute atomic E-state index is 12.5. The third-order valence-electron chi connectivity index (χ3n) is 5.97. The second kappa shape index (κ2) is 10.1. The largest absolute Gasteiger partial charge is 0.496 e. The molecule has 32 heavy (non-hydrogen) atoms. The van der Waals surface area contributed by atoms with E-state index in [1.807, 2.05) is 6.07 Å². The van der Waals surface area contributed by atoms with Gasteiger partial charge < -0.3 is 14.4 Å². The van der Waals surface area contributed by atoms with Gasteiger partial charge in [-0.3, -0.25) is 4.79 Å². The summed E-state index contributed by atoms with van der Waals surface area (Å²) in [6.07, 6.45) is 3.81. The van der Waals surface area contributed by atoms with Crippen LogP contribution >= 0.6 is 22.6 Å². The van der Waals surface area contributed by atoms with Crippen molar-refractivity contribution in [1.29, 1.82) is 0 Å². The van der Waals surface area contributed by atoms with Crippen LogP contribution in [-0.4, -0.2) is 38.4 Å². The van der Waals surface area contributed by atoms with E-state index in [1.165, 1.54) is 11.3 Å². The molecule has 7 heteroatoms. The minimum absolute atomic E-state index is 0.0889. The third-order valence-corrected chi connectivity index (χ3v) is 6.86. The fourth-order valence-corrected chi connectivity index (χ4v) is 5.03. The van der Waals surface area contributed by atoms with Crippen molar-refractivity contribution in [2.24, 2.45) is 5.10 Å². The van der Waals surface area contributed by atoms with Crippen molar-refractivity contribution in [3.8, 4) is 11.5 Å². The molecule has 0 spiro atoms. The fourth-order valence-electron chi connectivity index (χ4n) is 4.48. The van der Waals surface area contributed by atoms with Gasteiger partial charge in [0.2, 0.25) is 0 Å². The Kier molecular flexibility index (Phi) is 7.69. The van der Waals surface area contributed by atoms with Crippen LogP contribution in [0.4, 0.5) is 5.69 Å². The molecule has 2 aromatic carbocycles. The molecule has 0 saturated carbocycles. The van der Waals surface area contributed by atoms with Gasteiger partial charge in [0, 0.05) is 35.0 Å². The summed E-state index contributed by atoms with van der Waals surface area (Å²) < 4.78 is 11.9. The Morgan fingerprint density at radius 1 is 1.25 bits per heavy atom. The lowest BCUT2D eigenvalue weighted by Crippen LogP contribution is -2.48. The first-order valence-electron chi connectivity index (χ1n) is 10.9. The summed E-state index contributed by atoms with van der Waals surface area (Å²) in [5.41, 5.74) is 6.54. The number of nitrogens with zero attached hydrogens (tertiary/aromatic N) is 2. The average molecular weight is 549 g/mol. The zero-order chi connectivity index (χ0) is 23.5. The standard InChI is InChI=1S/C25H32IN3O3/c1-7-10-29-21-13-22(31-5)18(11-19(21)16(2)14-25(29,3)4)15-27-28-24(30)17-8-9-20(26)23(12-17)32-6/h8-9,11-13,15-16H,7,10,14H2,1-6H3,(H,28,30)/b27-15+. The molecule has 1 unspecified atom stereocenters. The van der Waals surface area contributed by atoms with Gasteiger partial charge >= 0.3 is 0 Å². The first-order chi connectivity index (χ1) is 15.2. The van der Waals surface area contributed by atoms with Crippen molar-refractivity contribution in [1.82, 2.24) is 5.43 Å². The van der Waals surface area contributed by atoms with Crippen LogP contribution in [0.15, 0.2) is 35.4 Å². The van der Waals surface area contributed by atoms with Crippen molar-refractivity contribution >= 4 is 40.4 Å². The fraction of sp³-hybridized carbons (Fsp3) is 0.440. The van der Waals surface area contributed by atoms with E-state index in [0.29, 0.717) is 17.2 Å². The van der Waals surface area contributed by atoms with Gasteiger partial charge in [0.15, 0.2) is 0 Å². The van der Waals surface area contributed by atoms with Crippen molar-refractivity contribution in [3.63, 3.8) is 0 Å². The van der Waals surface area contributed by atoms with Gasteiger partial charge in [0.05, 0.1) is 24.0 Å². The number of benzene rings is 2. The van der Waals surface area contributed by atoms with Crippen LogP contribution in [0.3, 0.4) is 0 Å². The van der Waals surface area contributed by atoms with Gasteiger partial charge in [-0.15, -0.1) is 0 Å². The van der Waals surface area contributed by atoms with E-state index < -0.39 is 0 Å². The van der Waals surface area contributed by atoms with Crippen molar-refractivity contribution in [2.45, 2.75) is 52.0 Å². The van der Waals surface area contributed by atoms with Gasteiger partial charge in [-0.2, -0.15) is 5.10 Å². The molecule has 172 valence electrons. The Balaban J connectivity index is 1.87. The van der Waals surface area contributed by atoms with Crippen LogP contribution < -0.4 is 19.8 Å². The predicted octanol–water partition coefficient (Wildman–Crippen LogP) is 5.57. The Morgan fingerprint density at radius 3 is 2.62 bits per heavy atom.